The first kappa shape index (κ1) is 24.6. The molecule has 0 radical (unpaired) electrons. The van der Waals surface area contributed by atoms with Gasteiger partial charge in [0.25, 0.3) is 0 Å². The van der Waals surface area contributed by atoms with Crippen LogP contribution in [0.15, 0.2) is 30.3 Å². The van der Waals surface area contributed by atoms with Crippen LogP contribution in [0.5, 0.6) is 0 Å². The fourth-order valence-electron chi connectivity index (χ4n) is 3.28. The van der Waals surface area contributed by atoms with Crippen LogP contribution < -0.4 is 0 Å². The molecular formula is C24H41NO3. The molecule has 1 rings (SSSR count). The molecule has 0 aliphatic carbocycles. The average molecular weight is 392 g/mol. The topological polar surface area (TPSA) is 38.8 Å². The molecule has 0 saturated heterocycles. The monoisotopic (exact) mass is 391 g/mol. The molecule has 4 heteroatoms. The van der Waals surface area contributed by atoms with Crippen LogP contribution in [0, 0.1) is 0 Å². The quantitative estimate of drug-likeness (QED) is 0.241. The Morgan fingerprint density at radius 3 is 1.93 bits per heavy atom. The Hall–Kier alpha value is -1.39. The van der Waals surface area contributed by atoms with E-state index < -0.39 is 0 Å². The van der Waals surface area contributed by atoms with Crippen LogP contribution in [-0.4, -0.2) is 44.8 Å². The highest BCUT2D eigenvalue weighted by Crippen LogP contribution is 2.11. The van der Waals surface area contributed by atoms with Gasteiger partial charge in [-0.25, -0.2) is 0 Å². The zero-order valence-electron chi connectivity index (χ0n) is 18.2. The summed E-state index contributed by atoms with van der Waals surface area (Å²) in [6.45, 7) is 3.07. The third kappa shape index (κ3) is 14.6. The van der Waals surface area contributed by atoms with Gasteiger partial charge in [-0.05, 0) is 25.5 Å². The number of rotatable bonds is 18. The van der Waals surface area contributed by atoms with Crippen molar-refractivity contribution < 1.29 is 14.3 Å². The minimum Gasteiger partial charge on any atom is -0.466 e. The second kappa shape index (κ2) is 17.7. The van der Waals surface area contributed by atoms with Crippen LogP contribution in [0.3, 0.4) is 0 Å². The Labute approximate surface area is 172 Å². The Morgan fingerprint density at radius 2 is 1.36 bits per heavy atom. The standard InChI is InChI=1S/C24H41NO3/c1-25(22-23-16-12-11-13-17-23)19-18-24(26)28-21-15-10-8-6-4-3-5-7-9-14-20-27-2/h11-13,16-17H,3-10,14-15,18-22H2,1-2H3. The molecule has 4 nitrogen and oxygen atoms in total. The van der Waals surface area contributed by atoms with Crippen LogP contribution in [0.1, 0.15) is 76.2 Å². The van der Waals surface area contributed by atoms with Crippen molar-refractivity contribution in [3.05, 3.63) is 35.9 Å². The first-order chi connectivity index (χ1) is 13.7. The third-order valence-corrected chi connectivity index (χ3v) is 5.00. The largest absolute Gasteiger partial charge is 0.466 e. The lowest BCUT2D eigenvalue weighted by molar-refractivity contribution is -0.144. The van der Waals surface area contributed by atoms with E-state index >= 15 is 0 Å². The van der Waals surface area contributed by atoms with Crippen molar-refractivity contribution in [1.82, 2.24) is 4.90 Å². The molecule has 0 saturated carbocycles. The molecule has 0 amide bonds. The zero-order valence-corrected chi connectivity index (χ0v) is 18.2. The molecule has 0 aliphatic heterocycles. The normalized spacial score (nSPS) is 11.1. The van der Waals surface area contributed by atoms with Gasteiger partial charge in [0.1, 0.15) is 0 Å². The van der Waals surface area contributed by atoms with Gasteiger partial charge in [-0.1, -0.05) is 81.7 Å². The molecule has 0 bridgehead atoms. The van der Waals surface area contributed by atoms with E-state index in [4.69, 9.17) is 9.47 Å². The highest BCUT2D eigenvalue weighted by Gasteiger charge is 2.06. The van der Waals surface area contributed by atoms with Crippen molar-refractivity contribution in [2.75, 3.05) is 33.9 Å². The second-order valence-electron chi connectivity index (χ2n) is 7.72. The maximum absolute atomic E-state index is 11.8. The fraction of sp³-hybridized carbons (Fsp3) is 0.708. The highest BCUT2D eigenvalue weighted by atomic mass is 16.5. The molecule has 0 aliphatic rings. The van der Waals surface area contributed by atoms with Gasteiger partial charge in [0.2, 0.25) is 0 Å². The van der Waals surface area contributed by atoms with Crippen LogP contribution in [0.25, 0.3) is 0 Å². The first-order valence-corrected chi connectivity index (χ1v) is 11.1. The van der Waals surface area contributed by atoms with Crippen molar-refractivity contribution in [3.8, 4) is 0 Å². The molecule has 160 valence electrons. The summed E-state index contributed by atoms with van der Waals surface area (Å²) in [5, 5.41) is 0. The van der Waals surface area contributed by atoms with Crippen LogP contribution in [-0.2, 0) is 20.8 Å². The number of esters is 1. The van der Waals surface area contributed by atoms with Gasteiger partial charge in [-0.15, -0.1) is 0 Å². The maximum atomic E-state index is 11.8. The Bertz CT molecular complexity index is 478. The summed E-state index contributed by atoms with van der Waals surface area (Å²) < 4.78 is 10.4. The summed E-state index contributed by atoms with van der Waals surface area (Å²) in [7, 11) is 3.81. The molecule has 0 heterocycles. The summed E-state index contributed by atoms with van der Waals surface area (Å²) >= 11 is 0. The van der Waals surface area contributed by atoms with Gasteiger partial charge < -0.3 is 14.4 Å². The molecular weight excluding hydrogens is 350 g/mol. The van der Waals surface area contributed by atoms with Crippen molar-refractivity contribution in [3.63, 3.8) is 0 Å². The number of hydrogen-bond acceptors (Lipinski definition) is 4. The molecule has 0 unspecified atom stereocenters. The van der Waals surface area contributed by atoms with Gasteiger partial charge >= 0.3 is 5.97 Å². The summed E-state index contributed by atoms with van der Waals surface area (Å²) in [6.07, 6.45) is 13.0. The van der Waals surface area contributed by atoms with Crippen molar-refractivity contribution in [2.45, 2.75) is 77.2 Å². The third-order valence-electron chi connectivity index (χ3n) is 5.00. The van der Waals surface area contributed by atoms with Gasteiger partial charge in [0.05, 0.1) is 13.0 Å². The molecule has 0 N–H and O–H groups in total. The Balaban J connectivity index is 1.85. The Kier molecular flexibility index (Phi) is 15.6. The van der Waals surface area contributed by atoms with E-state index in [1.54, 1.807) is 7.11 Å². The predicted molar refractivity (Wildman–Crippen MR) is 116 cm³/mol. The molecule has 28 heavy (non-hydrogen) atoms. The molecule has 1 aromatic rings. The fourth-order valence-corrected chi connectivity index (χ4v) is 3.28. The number of ether oxygens (including phenoxy) is 2. The molecule has 0 spiro atoms. The maximum Gasteiger partial charge on any atom is 0.307 e. The summed E-state index contributed by atoms with van der Waals surface area (Å²) in [5.41, 5.74) is 1.27. The minimum atomic E-state index is -0.0756. The number of carbonyl (C=O) groups excluding carboxylic acids is 1. The lowest BCUT2D eigenvalue weighted by Gasteiger charge is -2.16. The number of nitrogens with zero attached hydrogens (tertiary/aromatic N) is 1. The van der Waals surface area contributed by atoms with E-state index in [2.05, 4.69) is 17.0 Å². The molecule has 0 aromatic heterocycles. The highest BCUT2D eigenvalue weighted by molar-refractivity contribution is 5.69. The van der Waals surface area contributed by atoms with Crippen LogP contribution in [0.2, 0.25) is 0 Å². The summed E-state index contributed by atoms with van der Waals surface area (Å²) in [6, 6.07) is 10.3. The van der Waals surface area contributed by atoms with E-state index in [9.17, 15) is 4.79 Å². The van der Waals surface area contributed by atoms with Gasteiger partial charge in [-0.2, -0.15) is 0 Å². The van der Waals surface area contributed by atoms with Crippen molar-refractivity contribution in [1.29, 1.82) is 0 Å². The molecule has 0 fully saturated rings. The summed E-state index contributed by atoms with van der Waals surface area (Å²) in [5.74, 6) is -0.0756. The van der Waals surface area contributed by atoms with E-state index in [0.717, 1.165) is 32.5 Å². The van der Waals surface area contributed by atoms with Crippen LogP contribution >= 0.6 is 0 Å². The van der Waals surface area contributed by atoms with Crippen molar-refractivity contribution in [2.24, 2.45) is 0 Å². The van der Waals surface area contributed by atoms with E-state index in [0.29, 0.717) is 13.0 Å². The number of methoxy groups -OCH3 is 1. The Morgan fingerprint density at radius 1 is 0.821 bits per heavy atom. The van der Waals surface area contributed by atoms with Crippen molar-refractivity contribution >= 4 is 5.97 Å². The number of benzene rings is 1. The van der Waals surface area contributed by atoms with Crippen LogP contribution in [0.4, 0.5) is 0 Å². The average Bonchev–Trinajstić information content (AvgIpc) is 2.70. The zero-order chi connectivity index (χ0) is 20.3. The molecule has 0 atom stereocenters. The smallest absolute Gasteiger partial charge is 0.307 e. The summed E-state index contributed by atoms with van der Waals surface area (Å²) in [4.78, 5) is 14.0. The van der Waals surface area contributed by atoms with E-state index in [1.807, 2.05) is 25.2 Å². The first-order valence-electron chi connectivity index (χ1n) is 11.1. The SMILES string of the molecule is COCCCCCCCCCCCCOC(=O)CCN(C)Cc1ccccc1. The second-order valence-corrected chi connectivity index (χ2v) is 7.72. The minimum absolute atomic E-state index is 0.0756. The van der Waals surface area contributed by atoms with E-state index in [-0.39, 0.29) is 5.97 Å². The lowest BCUT2D eigenvalue weighted by atomic mass is 10.1. The number of unbranched alkanes of at least 4 members (excludes halogenated alkanes) is 9. The number of carbonyl (C=O) groups is 1. The van der Waals surface area contributed by atoms with Gasteiger partial charge in [0, 0.05) is 26.8 Å². The van der Waals surface area contributed by atoms with E-state index in [1.165, 1.54) is 56.9 Å². The molecule has 1 aromatic carbocycles. The number of hydrogen-bond donors (Lipinski definition) is 0. The predicted octanol–water partition coefficient (Wildman–Crippen LogP) is 5.60. The van der Waals surface area contributed by atoms with Gasteiger partial charge in [-0.3, -0.25) is 4.79 Å². The van der Waals surface area contributed by atoms with Gasteiger partial charge in [0.15, 0.2) is 0 Å². The lowest BCUT2D eigenvalue weighted by Crippen LogP contribution is -2.22.